The number of rotatable bonds is 6. The second-order valence-electron chi connectivity index (χ2n) is 6.65. The quantitative estimate of drug-likeness (QED) is 0.700. The molecular formula is C18H32OSi. The Morgan fingerprint density at radius 1 is 0.850 bits per heavy atom. The van der Waals surface area contributed by atoms with E-state index in [0.29, 0.717) is 17.6 Å². The summed E-state index contributed by atoms with van der Waals surface area (Å²) in [5, 5.41) is 12.1. The summed E-state index contributed by atoms with van der Waals surface area (Å²) in [6, 6.07) is 8.50. The van der Waals surface area contributed by atoms with Crippen molar-refractivity contribution in [3.05, 3.63) is 23.3 Å². The van der Waals surface area contributed by atoms with Gasteiger partial charge >= 0.3 is 0 Å². The van der Waals surface area contributed by atoms with Gasteiger partial charge in [-0.2, -0.15) is 0 Å². The fourth-order valence-electron chi connectivity index (χ4n) is 3.23. The van der Waals surface area contributed by atoms with Crippen LogP contribution in [0.3, 0.4) is 0 Å². The highest BCUT2D eigenvalue weighted by Gasteiger charge is 2.31. The van der Waals surface area contributed by atoms with Crippen LogP contribution in [0.15, 0.2) is 12.1 Å². The molecule has 114 valence electrons. The number of phenolic OH excluding ortho intramolecular Hbond substituents is 1. The van der Waals surface area contributed by atoms with Crippen molar-refractivity contribution < 1.29 is 5.11 Å². The molecule has 2 heteroatoms. The molecule has 0 atom stereocenters. The van der Waals surface area contributed by atoms with Gasteiger partial charge in [-0.15, -0.1) is 0 Å². The molecule has 1 nitrogen and oxygen atoms in total. The zero-order valence-corrected chi connectivity index (χ0v) is 15.4. The van der Waals surface area contributed by atoms with Crippen molar-refractivity contribution in [2.24, 2.45) is 0 Å². The van der Waals surface area contributed by atoms with Crippen molar-refractivity contribution in [2.45, 2.75) is 78.4 Å². The van der Waals surface area contributed by atoms with Crippen LogP contribution in [0.2, 0.25) is 18.1 Å². The maximum atomic E-state index is 10.6. The summed E-state index contributed by atoms with van der Waals surface area (Å²) in [5.41, 5.74) is 2.27. The van der Waals surface area contributed by atoms with E-state index in [4.69, 9.17) is 0 Å². The average Bonchev–Trinajstić information content (AvgIpc) is 2.41. The highest BCUT2D eigenvalue weighted by molar-refractivity contribution is 6.91. The molecule has 0 fully saturated rings. The van der Waals surface area contributed by atoms with E-state index in [1.165, 1.54) is 18.1 Å². The smallest absolute Gasteiger partial charge is 0.122 e. The second-order valence-corrected chi connectivity index (χ2v) is 11.9. The second kappa shape index (κ2) is 6.80. The van der Waals surface area contributed by atoms with Gasteiger partial charge in [0.1, 0.15) is 5.75 Å². The van der Waals surface area contributed by atoms with E-state index >= 15 is 0 Å². The first-order valence-electron chi connectivity index (χ1n) is 8.20. The summed E-state index contributed by atoms with van der Waals surface area (Å²) in [5.74, 6) is 1.29. The van der Waals surface area contributed by atoms with Gasteiger partial charge in [0.25, 0.3) is 0 Å². The van der Waals surface area contributed by atoms with E-state index in [9.17, 15) is 5.11 Å². The van der Waals surface area contributed by atoms with Crippen LogP contribution in [-0.4, -0.2) is 13.2 Å². The number of phenols is 1. The first-order chi connectivity index (χ1) is 9.32. The molecule has 0 saturated heterocycles. The lowest BCUT2D eigenvalue weighted by Gasteiger charge is -2.31. The predicted molar refractivity (Wildman–Crippen MR) is 93.1 cm³/mol. The van der Waals surface area contributed by atoms with E-state index in [1.807, 2.05) is 0 Å². The van der Waals surface area contributed by atoms with E-state index in [1.54, 1.807) is 5.19 Å². The Labute approximate surface area is 126 Å². The molecule has 0 unspecified atom stereocenters. The van der Waals surface area contributed by atoms with Crippen LogP contribution in [0.5, 0.6) is 5.75 Å². The van der Waals surface area contributed by atoms with Gasteiger partial charge in [-0.05, 0) is 23.0 Å². The van der Waals surface area contributed by atoms with Crippen LogP contribution >= 0.6 is 0 Å². The first-order valence-corrected chi connectivity index (χ1v) is 10.8. The maximum absolute atomic E-state index is 10.6. The summed E-state index contributed by atoms with van der Waals surface area (Å²) in [6.45, 7) is 15.7. The van der Waals surface area contributed by atoms with Gasteiger partial charge in [0.2, 0.25) is 0 Å². The lowest BCUT2D eigenvalue weighted by molar-refractivity contribution is 0.455. The third-order valence-electron chi connectivity index (χ3n) is 5.06. The molecule has 0 saturated carbocycles. The highest BCUT2D eigenvalue weighted by Crippen LogP contribution is 2.34. The van der Waals surface area contributed by atoms with Gasteiger partial charge in [-0.25, -0.2) is 0 Å². The molecule has 1 aromatic carbocycles. The molecule has 0 aliphatic heterocycles. The van der Waals surface area contributed by atoms with Crippen molar-refractivity contribution in [1.29, 1.82) is 0 Å². The molecule has 20 heavy (non-hydrogen) atoms. The molecule has 1 aromatic rings. The van der Waals surface area contributed by atoms with Gasteiger partial charge in [0.05, 0.1) is 8.07 Å². The first kappa shape index (κ1) is 17.3. The van der Waals surface area contributed by atoms with E-state index < -0.39 is 8.07 Å². The van der Waals surface area contributed by atoms with Gasteiger partial charge in [0.15, 0.2) is 0 Å². The molecule has 0 heterocycles. The molecule has 0 aliphatic carbocycles. The van der Waals surface area contributed by atoms with Gasteiger partial charge < -0.3 is 5.11 Å². The molecule has 1 N–H and O–H groups in total. The molecule has 0 bridgehead atoms. The summed E-state index contributed by atoms with van der Waals surface area (Å²) in [7, 11) is -1.38. The fraction of sp³-hybridized carbons (Fsp3) is 0.667. The van der Waals surface area contributed by atoms with Crippen LogP contribution in [-0.2, 0) is 0 Å². The van der Waals surface area contributed by atoms with Gasteiger partial charge in [0, 0.05) is 0 Å². The number of benzene rings is 1. The molecule has 0 amide bonds. The Morgan fingerprint density at radius 3 is 1.45 bits per heavy atom. The van der Waals surface area contributed by atoms with Crippen molar-refractivity contribution >= 4 is 13.3 Å². The third kappa shape index (κ3) is 3.11. The average molecular weight is 293 g/mol. The summed E-state index contributed by atoms with van der Waals surface area (Å²) >= 11 is 0. The Morgan fingerprint density at radius 2 is 1.20 bits per heavy atom. The van der Waals surface area contributed by atoms with Crippen LogP contribution < -0.4 is 5.19 Å². The Kier molecular flexibility index (Phi) is 5.87. The minimum absolute atomic E-state index is 0.379. The number of aromatic hydroxyl groups is 1. The van der Waals surface area contributed by atoms with Crippen molar-refractivity contribution in [3.63, 3.8) is 0 Å². The minimum atomic E-state index is -1.38. The standard InChI is InChI=1S/C18H32OSi/c1-8-20(9-2,10-3)15-11-16(13(4)5)18(19)17(12-15)14(6)7/h11-14,19H,8-10H2,1-7H3. The van der Waals surface area contributed by atoms with E-state index in [2.05, 4.69) is 60.6 Å². The van der Waals surface area contributed by atoms with Crippen LogP contribution in [0.25, 0.3) is 0 Å². The number of hydrogen-bond donors (Lipinski definition) is 1. The molecule has 0 aromatic heterocycles. The zero-order chi connectivity index (χ0) is 15.5. The molecule has 0 spiro atoms. The summed E-state index contributed by atoms with van der Waals surface area (Å²) in [4.78, 5) is 0. The van der Waals surface area contributed by atoms with E-state index in [-0.39, 0.29) is 0 Å². The van der Waals surface area contributed by atoms with Crippen LogP contribution in [0, 0.1) is 0 Å². The van der Waals surface area contributed by atoms with Crippen molar-refractivity contribution in [3.8, 4) is 5.75 Å². The van der Waals surface area contributed by atoms with Gasteiger partial charge in [-0.3, -0.25) is 0 Å². The number of hydrogen-bond acceptors (Lipinski definition) is 1. The maximum Gasteiger partial charge on any atom is 0.122 e. The molecule has 0 aliphatic rings. The summed E-state index contributed by atoms with van der Waals surface area (Å²) < 4.78 is 0. The van der Waals surface area contributed by atoms with E-state index in [0.717, 1.165) is 11.1 Å². The Balaban J connectivity index is 3.56. The third-order valence-corrected chi connectivity index (χ3v) is 10.6. The minimum Gasteiger partial charge on any atom is -0.507 e. The Hall–Kier alpha value is -0.763. The molecular weight excluding hydrogens is 260 g/mol. The lowest BCUT2D eigenvalue weighted by Crippen LogP contribution is -2.46. The largest absolute Gasteiger partial charge is 0.507 e. The zero-order valence-electron chi connectivity index (χ0n) is 14.4. The van der Waals surface area contributed by atoms with Crippen molar-refractivity contribution in [2.75, 3.05) is 0 Å². The SMILES string of the molecule is CC[Si](CC)(CC)c1cc(C(C)C)c(O)c(C(C)C)c1. The lowest BCUT2D eigenvalue weighted by atomic mass is 9.94. The van der Waals surface area contributed by atoms with Crippen LogP contribution in [0.1, 0.15) is 71.4 Å². The molecule has 1 rings (SSSR count). The highest BCUT2D eigenvalue weighted by atomic mass is 28.3. The van der Waals surface area contributed by atoms with Gasteiger partial charge in [-0.1, -0.05) is 83.9 Å². The Bertz CT molecular complexity index is 407. The topological polar surface area (TPSA) is 20.2 Å². The monoisotopic (exact) mass is 292 g/mol. The van der Waals surface area contributed by atoms with Crippen LogP contribution in [0.4, 0.5) is 0 Å². The summed E-state index contributed by atoms with van der Waals surface area (Å²) in [6.07, 6.45) is 0. The fourth-order valence-corrected chi connectivity index (χ4v) is 6.88. The van der Waals surface area contributed by atoms with Crippen molar-refractivity contribution in [1.82, 2.24) is 0 Å². The molecule has 0 radical (unpaired) electrons. The normalized spacial score (nSPS) is 12.4. The predicted octanol–water partition coefficient (Wildman–Crippen LogP) is 5.35.